The van der Waals surface area contributed by atoms with Crippen LogP contribution >= 0.6 is 46.0 Å². The highest BCUT2D eigenvalue weighted by Crippen LogP contribution is 2.37. The van der Waals surface area contributed by atoms with Gasteiger partial charge in [-0.15, -0.1) is 0 Å². The molecule has 2 aromatic carbocycles. The first-order chi connectivity index (χ1) is 13.9. The molecule has 8 heteroatoms. The number of carbonyl (C=O) groups is 2. The Morgan fingerprint density at radius 1 is 1.28 bits per heavy atom. The lowest BCUT2D eigenvalue weighted by Gasteiger charge is -2.13. The molecule has 0 unspecified atom stereocenters. The van der Waals surface area contributed by atoms with E-state index in [1.54, 1.807) is 43.5 Å². The molecule has 1 aliphatic rings. The van der Waals surface area contributed by atoms with Crippen molar-refractivity contribution >= 4 is 63.2 Å². The van der Waals surface area contributed by atoms with Gasteiger partial charge in [0.05, 0.1) is 22.1 Å². The molecule has 1 heterocycles. The van der Waals surface area contributed by atoms with E-state index in [-0.39, 0.29) is 17.7 Å². The molecule has 1 saturated heterocycles. The largest absolute Gasteiger partial charge is 0.493 e. The fraction of sp³-hybridized carbons (Fsp3) is 0.143. The predicted molar refractivity (Wildman–Crippen MR) is 124 cm³/mol. The molecule has 0 aromatic heterocycles. The third-order valence-electron chi connectivity index (χ3n) is 4.00. The van der Waals surface area contributed by atoms with Crippen molar-refractivity contribution in [1.29, 1.82) is 0 Å². The van der Waals surface area contributed by atoms with E-state index in [1.165, 1.54) is 4.90 Å². The Morgan fingerprint density at radius 3 is 2.76 bits per heavy atom. The number of nitrogens with zero attached hydrogens (tertiary/aromatic N) is 1. The summed E-state index contributed by atoms with van der Waals surface area (Å²) >= 11 is 9.05. The second kappa shape index (κ2) is 9.69. The SMILES string of the molecule is C=CCOc1c(I)cc(/C=C2\SC(=O)N(Cc3cccc(Cl)c3)C2=O)cc1OC. The molecule has 29 heavy (non-hydrogen) atoms. The van der Waals surface area contributed by atoms with E-state index in [0.717, 1.165) is 26.5 Å². The second-order valence-corrected chi connectivity index (χ2v) is 8.62. The number of halogens is 2. The molecular weight excluding hydrogens is 525 g/mol. The maximum atomic E-state index is 12.8. The molecule has 2 amide bonds. The van der Waals surface area contributed by atoms with E-state index >= 15 is 0 Å². The van der Waals surface area contributed by atoms with Gasteiger partial charge in [-0.2, -0.15) is 0 Å². The van der Waals surface area contributed by atoms with E-state index in [4.69, 9.17) is 21.1 Å². The first-order valence-electron chi connectivity index (χ1n) is 8.54. The van der Waals surface area contributed by atoms with Crippen molar-refractivity contribution in [2.75, 3.05) is 13.7 Å². The van der Waals surface area contributed by atoms with Crippen LogP contribution < -0.4 is 9.47 Å². The zero-order valence-electron chi connectivity index (χ0n) is 15.5. The summed E-state index contributed by atoms with van der Waals surface area (Å²) in [6.07, 6.45) is 3.34. The van der Waals surface area contributed by atoms with E-state index in [1.807, 2.05) is 12.1 Å². The molecule has 0 radical (unpaired) electrons. The van der Waals surface area contributed by atoms with Crippen molar-refractivity contribution in [2.24, 2.45) is 0 Å². The third-order valence-corrected chi connectivity index (χ3v) is 5.94. The van der Waals surface area contributed by atoms with Crippen LogP contribution in [0, 0.1) is 3.57 Å². The van der Waals surface area contributed by atoms with Crippen LogP contribution in [0.2, 0.25) is 5.02 Å². The first kappa shape index (κ1) is 21.7. The van der Waals surface area contributed by atoms with E-state index in [0.29, 0.717) is 28.0 Å². The Balaban J connectivity index is 1.85. The van der Waals surface area contributed by atoms with Gasteiger partial charge in [0.15, 0.2) is 11.5 Å². The summed E-state index contributed by atoms with van der Waals surface area (Å²) in [5.74, 6) is 0.823. The number of hydrogen-bond donors (Lipinski definition) is 0. The van der Waals surface area contributed by atoms with Gasteiger partial charge in [-0.25, -0.2) is 0 Å². The molecule has 1 fully saturated rings. The Hall–Kier alpha value is -1.97. The molecule has 0 aliphatic carbocycles. The monoisotopic (exact) mass is 541 g/mol. The highest BCUT2D eigenvalue weighted by Gasteiger charge is 2.35. The van der Waals surface area contributed by atoms with Gasteiger partial charge < -0.3 is 9.47 Å². The number of rotatable bonds is 7. The standard InChI is InChI=1S/C21H17ClINO4S/c1-3-7-28-19-16(23)9-14(10-17(19)27-2)11-18-20(25)24(21(26)29-18)12-13-5-4-6-15(22)8-13/h3-6,8-11H,1,7,12H2,2H3/b18-11-. The zero-order valence-corrected chi connectivity index (χ0v) is 19.2. The average molecular weight is 542 g/mol. The number of thioether (sulfide) groups is 1. The average Bonchev–Trinajstić information content (AvgIpc) is 2.94. The number of carbonyl (C=O) groups excluding carboxylic acids is 2. The van der Waals surface area contributed by atoms with Crippen molar-refractivity contribution in [2.45, 2.75) is 6.54 Å². The summed E-state index contributed by atoms with van der Waals surface area (Å²) in [4.78, 5) is 26.7. The van der Waals surface area contributed by atoms with Crippen molar-refractivity contribution in [3.8, 4) is 11.5 Å². The van der Waals surface area contributed by atoms with Crippen molar-refractivity contribution in [3.63, 3.8) is 0 Å². The van der Waals surface area contributed by atoms with Gasteiger partial charge in [0, 0.05) is 5.02 Å². The molecule has 150 valence electrons. The second-order valence-electron chi connectivity index (χ2n) is 6.03. The van der Waals surface area contributed by atoms with Gasteiger partial charge in [-0.3, -0.25) is 14.5 Å². The van der Waals surface area contributed by atoms with Crippen LogP contribution in [0.25, 0.3) is 6.08 Å². The molecule has 0 atom stereocenters. The molecule has 2 aromatic rings. The zero-order chi connectivity index (χ0) is 21.0. The summed E-state index contributed by atoms with van der Waals surface area (Å²) < 4.78 is 11.9. The topological polar surface area (TPSA) is 55.8 Å². The van der Waals surface area contributed by atoms with Gasteiger partial charge in [0.25, 0.3) is 11.1 Å². The van der Waals surface area contributed by atoms with Crippen LogP contribution in [0.15, 0.2) is 54.0 Å². The van der Waals surface area contributed by atoms with Crippen LogP contribution in [0.1, 0.15) is 11.1 Å². The summed E-state index contributed by atoms with van der Waals surface area (Å²) in [7, 11) is 1.55. The van der Waals surface area contributed by atoms with Crippen molar-refractivity contribution in [1.82, 2.24) is 4.90 Å². The third kappa shape index (κ3) is 5.15. The van der Waals surface area contributed by atoms with Gasteiger partial charge in [0.1, 0.15) is 6.61 Å². The maximum absolute atomic E-state index is 12.8. The minimum atomic E-state index is -0.332. The Labute approximate surface area is 191 Å². The van der Waals surface area contributed by atoms with Crippen LogP contribution in [0.5, 0.6) is 11.5 Å². The quantitative estimate of drug-likeness (QED) is 0.254. The summed E-state index contributed by atoms with van der Waals surface area (Å²) in [5, 5.41) is 0.249. The highest BCUT2D eigenvalue weighted by molar-refractivity contribution is 14.1. The van der Waals surface area contributed by atoms with E-state index in [9.17, 15) is 9.59 Å². The van der Waals surface area contributed by atoms with Gasteiger partial charge >= 0.3 is 0 Å². The lowest BCUT2D eigenvalue weighted by molar-refractivity contribution is -0.123. The highest BCUT2D eigenvalue weighted by atomic mass is 127. The van der Waals surface area contributed by atoms with Crippen LogP contribution in [0.4, 0.5) is 4.79 Å². The van der Waals surface area contributed by atoms with Crippen LogP contribution in [0.3, 0.4) is 0 Å². The smallest absolute Gasteiger partial charge is 0.293 e. The van der Waals surface area contributed by atoms with Gasteiger partial charge in [0.2, 0.25) is 0 Å². The number of benzene rings is 2. The normalized spacial score (nSPS) is 15.1. The lowest BCUT2D eigenvalue weighted by Crippen LogP contribution is -2.27. The summed E-state index contributed by atoms with van der Waals surface area (Å²) in [6, 6.07) is 10.7. The van der Waals surface area contributed by atoms with E-state index < -0.39 is 0 Å². The Kier molecular flexibility index (Phi) is 7.26. The molecule has 0 bridgehead atoms. The molecule has 0 N–H and O–H groups in total. The van der Waals surface area contributed by atoms with E-state index in [2.05, 4.69) is 29.2 Å². The molecule has 3 rings (SSSR count). The number of hydrogen-bond acceptors (Lipinski definition) is 5. The van der Waals surface area contributed by atoms with Crippen LogP contribution in [-0.2, 0) is 11.3 Å². The minimum Gasteiger partial charge on any atom is -0.493 e. The maximum Gasteiger partial charge on any atom is 0.293 e. The number of imide groups is 1. The minimum absolute atomic E-state index is 0.178. The van der Waals surface area contributed by atoms with Crippen molar-refractivity contribution in [3.05, 3.63) is 73.7 Å². The van der Waals surface area contributed by atoms with Crippen LogP contribution in [-0.4, -0.2) is 29.8 Å². The fourth-order valence-corrected chi connectivity index (χ4v) is 4.54. The summed E-state index contributed by atoms with van der Waals surface area (Å²) in [6.45, 7) is 4.18. The number of ether oxygens (including phenoxy) is 2. The van der Waals surface area contributed by atoms with Gasteiger partial charge in [-0.05, 0) is 75.8 Å². The number of amides is 2. The Bertz CT molecular complexity index is 1010. The Morgan fingerprint density at radius 2 is 2.07 bits per heavy atom. The van der Waals surface area contributed by atoms with Crippen molar-refractivity contribution < 1.29 is 19.1 Å². The molecule has 0 spiro atoms. The summed E-state index contributed by atoms with van der Waals surface area (Å²) in [5.41, 5.74) is 1.53. The van der Waals surface area contributed by atoms with Gasteiger partial charge in [-0.1, -0.05) is 36.4 Å². The lowest BCUT2D eigenvalue weighted by atomic mass is 10.1. The first-order valence-corrected chi connectivity index (χ1v) is 10.8. The fourth-order valence-electron chi connectivity index (χ4n) is 2.71. The molecule has 5 nitrogen and oxygen atoms in total. The number of methoxy groups -OCH3 is 1. The molecule has 1 aliphatic heterocycles. The predicted octanol–water partition coefficient (Wildman–Crippen LogP) is 5.75. The molecular formula is C21H17ClINO4S. The molecule has 0 saturated carbocycles.